The third-order valence-electron chi connectivity index (χ3n) is 4.07. The van der Waals surface area contributed by atoms with Crippen LogP contribution in [0.1, 0.15) is 39.2 Å². The van der Waals surface area contributed by atoms with E-state index in [2.05, 4.69) is 61.0 Å². The van der Waals surface area contributed by atoms with Crippen molar-refractivity contribution in [3.8, 4) is 5.75 Å². The zero-order chi connectivity index (χ0) is 14.6. The molecule has 3 heteroatoms. The zero-order valence-electron chi connectivity index (χ0n) is 12.7. The van der Waals surface area contributed by atoms with Crippen LogP contribution in [-0.2, 0) is 10.2 Å². The molecule has 20 heavy (non-hydrogen) atoms. The molecule has 0 aliphatic carbocycles. The van der Waals surface area contributed by atoms with Gasteiger partial charge in [-0.15, -0.1) is 0 Å². The van der Waals surface area contributed by atoms with Crippen LogP contribution in [0.4, 0.5) is 0 Å². The number of hydrogen-bond donors (Lipinski definition) is 0. The van der Waals surface area contributed by atoms with E-state index < -0.39 is 0 Å². The molecule has 0 aromatic heterocycles. The van der Waals surface area contributed by atoms with E-state index in [4.69, 9.17) is 9.47 Å². The lowest BCUT2D eigenvalue weighted by molar-refractivity contribution is 0.00324. The first-order chi connectivity index (χ1) is 9.47. The summed E-state index contributed by atoms with van der Waals surface area (Å²) in [5.41, 5.74) is 1.59. The summed E-state index contributed by atoms with van der Waals surface area (Å²) in [5.74, 6) is 1.02. The third kappa shape index (κ3) is 3.76. The van der Waals surface area contributed by atoms with Gasteiger partial charge in [0.15, 0.2) is 0 Å². The summed E-state index contributed by atoms with van der Waals surface area (Å²) < 4.78 is 11.7. The second-order valence-corrected chi connectivity index (χ2v) is 7.34. The molecule has 1 aliphatic rings. The smallest absolute Gasteiger partial charge is 0.123 e. The van der Waals surface area contributed by atoms with Crippen LogP contribution in [0.2, 0.25) is 0 Å². The molecule has 0 spiro atoms. The van der Waals surface area contributed by atoms with Crippen LogP contribution in [0.25, 0.3) is 0 Å². The van der Waals surface area contributed by atoms with Gasteiger partial charge in [-0.1, -0.05) is 54.9 Å². The Labute approximate surface area is 131 Å². The highest BCUT2D eigenvalue weighted by atomic mass is 79.9. The fourth-order valence-electron chi connectivity index (χ4n) is 2.56. The molecule has 0 radical (unpaired) electrons. The number of hydrogen-bond acceptors (Lipinski definition) is 2. The van der Waals surface area contributed by atoms with Crippen molar-refractivity contribution >= 4 is 15.9 Å². The fraction of sp³-hybridized carbons (Fsp3) is 0.647. The predicted octanol–water partition coefficient (Wildman–Crippen LogP) is 4.55. The summed E-state index contributed by atoms with van der Waals surface area (Å²) in [6, 6.07) is 8.39. The number of alkyl halides is 1. The second kappa shape index (κ2) is 6.48. The summed E-state index contributed by atoms with van der Waals surface area (Å²) in [6.45, 7) is 9.12. The molecule has 0 unspecified atom stereocenters. The van der Waals surface area contributed by atoms with Gasteiger partial charge in [-0.05, 0) is 29.9 Å². The maximum absolute atomic E-state index is 6.21. The highest BCUT2D eigenvalue weighted by molar-refractivity contribution is 9.09. The van der Waals surface area contributed by atoms with E-state index in [0.717, 1.165) is 43.7 Å². The first-order valence-corrected chi connectivity index (χ1v) is 8.45. The first kappa shape index (κ1) is 15.8. The molecule has 0 bridgehead atoms. The molecule has 2 rings (SSSR count). The Morgan fingerprint density at radius 3 is 2.45 bits per heavy atom. The minimum absolute atomic E-state index is 0.105. The second-order valence-electron chi connectivity index (χ2n) is 6.78. The Balaban J connectivity index is 2.10. The molecule has 0 amide bonds. The van der Waals surface area contributed by atoms with E-state index in [0.29, 0.717) is 0 Å². The molecule has 1 aliphatic heterocycles. The van der Waals surface area contributed by atoms with Crippen molar-refractivity contribution in [1.29, 1.82) is 0 Å². The van der Waals surface area contributed by atoms with Crippen molar-refractivity contribution in [2.45, 2.75) is 39.0 Å². The van der Waals surface area contributed by atoms with Gasteiger partial charge in [-0.3, -0.25) is 0 Å². The molecule has 112 valence electrons. The summed E-state index contributed by atoms with van der Waals surface area (Å²) in [4.78, 5) is 0. The highest BCUT2D eigenvalue weighted by Gasteiger charge is 2.33. The van der Waals surface area contributed by atoms with Crippen LogP contribution >= 0.6 is 15.9 Å². The Hall–Kier alpha value is -0.540. The summed E-state index contributed by atoms with van der Waals surface area (Å²) in [5, 5.41) is 0.973. The molecule has 2 nitrogen and oxygen atoms in total. The van der Waals surface area contributed by atoms with Gasteiger partial charge in [-0.25, -0.2) is 0 Å². The molecule has 1 heterocycles. The summed E-state index contributed by atoms with van der Waals surface area (Å²) in [7, 11) is 0. The maximum Gasteiger partial charge on any atom is 0.123 e. The van der Waals surface area contributed by atoms with Crippen LogP contribution in [0, 0.1) is 5.41 Å². The van der Waals surface area contributed by atoms with E-state index >= 15 is 0 Å². The van der Waals surface area contributed by atoms with E-state index in [-0.39, 0.29) is 10.8 Å². The standard InChI is InChI=1S/C17H25BrO2/c1-16(2,3)14-6-4-5-7-15(14)20-13-17(12-18)8-10-19-11-9-17/h4-7H,8-13H2,1-3H3. The van der Waals surface area contributed by atoms with Gasteiger partial charge >= 0.3 is 0 Å². The Kier molecular flexibility index (Phi) is 5.14. The van der Waals surface area contributed by atoms with Gasteiger partial charge in [-0.2, -0.15) is 0 Å². The highest BCUT2D eigenvalue weighted by Crippen LogP contribution is 2.36. The lowest BCUT2D eigenvalue weighted by Gasteiger charge is -2.36. The predicted molar refractivity (Wildman–Crippen MR) is 86.9 cm³/mol. The number of ether oxygens (including phenoxy) is 2. The monoisotopic (exact) mass is 340 g/mol. The van der Waals surface area contributed by atoms with Crippen LogP contribution in [0.5, 0.6) is 5.75 Å². The molecule has 0 atom stereocenters. The molecule has 1 aromatic rings. The molecule has 1 aromatic carbocycles. The first-order valence-electron chi connectivity index (χ1n) is 7.33. The Morgan fingerprint density at radius 2 is 1.85 bits per heavy atom. The van der Waals surface area contributed by atoms with Crippen LogP contribution in [0.15, 0.2) is 24.3 Å². The molecule has 1 fully saturated rings. The lowest BCUT2D eigenvalue weighted by atomic mass is 9.83. The molecule has 0 saturated carbocycles. The van der Waals surface area contributed by atoms with Crippen molar-refractivity contribution in [1.82, 2.24) is 0 Å². The number of halogens is 1. The van der Waals surface area contributed by atoms with Gasteiger partial charge in [0, 0.05) is 24.0 Å². The minimum Gasteiger partial charge on any atom is -0.493 e. The molecular weight excluding hydrogens is 316 g/mol. The van der Waals surface area contributed by atoms with Crippen molar-refractivity contribution in [3.05, 3.63) is 29.8 Å². The van der Waals surface area contributed by atoms with E-state index in [9.17, 15) is 0 Å². The van der Waals surface area contributed by atoms with Gasteiger partial charge in [0.2, 0.25) is 0 Å². The van der Waals surface area contributed by atoms with Gasteiger partial charge < -0.3 is 9.47 Å². The van der Waals surface area contributed by atoms with Crippen LogP contribution < -0.4 is 4.74 Å². The van der Waals surface area contributed by atoms with Crippen molar-refractivity contribution in [3.63, 3.8) is 0 Å². The number of rotatable bonds is 4. The Morgan fingerprint density at radius 1 is 1.20 bits per heavy atom. The Bertz CT molecular complexity index is 431. The number of para-hydroxylation sites is 1. The van der Waals surface area contributed by atoms with Gasteiger partial charge in [0.05, 0.1) is 6.61 Å². The molecular formula is C17H25BrO2. The summed E-state index contributed by atoms with van der Waals surface area (Å²) in [6.07, 6.45) is 2.13. The van der Waals surface area contributed by atoms with E-state index in [1.807, 2.05) is 0 Å². The van der Waals surface area contributed by atoms with Gasteiger partial charge in [0.1, 0.15) is 5.75 Å². The van der Waals surface area contributed by atoms with Crippen molar-refractivity contribution in [2.24, 2.45) is 5.41 Å². The average Bonchev–Trinajstić information content (AvgIpc) is 2.45. The maximum atomic E-state index is 6.21. The third-order valence-corrected chi connectivity index (χ3v) is 5.26. The van der Waals surface area contributed by atoms with Gasteiger partial charge in [0.25, 0.3) is 0 Å². The van der Waals surface area contributed by atoms with Crippen LogP contribution in [0.3, 0.4) is 0 Å². The normalized spacial score (nSPS) is 18.8. The average molecular weight is 341 g/mol. The quantitative estimate of drug-likeness (QED) is 0.748. The molecule has 1 saturated heterocycles. The topological polar surface area (TPSA) is 18.5 Å². The SMILES string of the molecule is CC(C)(C)c1ccccc1OCC1(CBr)CCOCC1. The van der Waals surface area contributed by atoms with E-state index in [1.165, 1.54) is 5.56 Å². The van der Waals surface area contributed by atoms with Crippen molar-refractivity contribution < 1.29 is 9.47 Å². The van der Waals surface area contributed by atoms with Crippen molar-refractivity contribution in [2.75, 3.05) is 25.2 Å². The van der Waals surface area contributed by atoms with E-state index in [1.54, 1.807) is 0 Å². The largest absolute Gasteiger partial charge is 0.493 e. The fourth-order valence-corrected chi connectivity index (χ4v) is 3.29. The number of benzene rings is 1. The van der Waals surface area contributed by atoms with Crippen LogP contribution in [-0.4, -0.2) is 25.2 Å². The molecule has 0 N–H and O–H groups in total. The lowest BCUT2D eigenvalue weighted by Crippen LogP contribution is -2.37. The zero-order valence-corrected chi connectivity index (χ0v) is 14.3. The minimum atomic E-state index is 0.105. The summed E-state index contributed by atoms with van der Waals surface area (Å²) >= 11 is 3.66.